The van der Waals surface area contributed by atoms with Crippen LogP contribution in [0.3, 0.4) is 0 Å². The molecule has 1 saturated carbocycles. The number of para-hydroxylation sites is 2. The monoisotopic (exact) mass is 382 g/mol. The highest BCUT2D eigenvalue weighted by atomic mass is 16.2. The highest BCUT2D eigenvalue weighted by molar-refractivity contribution is 5.81. The fourth-order valence-electron chi connectivity index (χ4n) is 3.93. The maximum atomic E-state index is 12.9. The van der Waals surface area contributed by atoms with Crippen molar-refractivity contribution in [3.05, 3.63) is 30.1 Å². The number of aryl methyl sites for hydroxylation is 1. The molecule has 150 valence electrons. The number of likely N-dealkylation sites (tertiary alicyclic amines) is 1. The maximum Gasteiger partial charge on any atom is 0.242 e. The van der Waals surface area contributed by atoms with Crippen molar-refractivity contribution in [3.8, 4) is 0 Å². The van der Waals surface area contributed by atoms with Crippen LogP contribution in [-0.4, -0.2) is 45.9 Å². The van der Waals surface area contributed by atoms with Crippen LogP contribution in [0.15, 0.2) is 24.3 Å². The van der Waals surface area contributed by atoms with Gasteiger partial charge in [-0.15, -0.1) is 0 Å². The van der Waals surface area contributed by atoms with Crippen molar-refractivity contribution in [2.75, 3.05) is 19.6 Å². The number of nitrogens with zero attached hydrogens (tertiary/aromatic N) is 3. The van der Waals surface area contributed by atoms with Gasteiger partial charge in [0, 0.05) is 32.0 Å². The summed E-state index contributed by atoms with van der Waals surface area (Å²) in [7, 11) is 0. The van der Waals surface area contributed by atoms with E-state index in [1.54, 1.807) is 0 Å². The van der Waals surface area contributed by atoms with Crippen molar-refractivity contribution >= 4 is 22.8 Å². The minimum absolute atomic E-state index is 0.179. The molecular weight excluding hydrogens is 352 g/mol. The van der Waals surface area contributed by atoms with Gasteiger partial charge in [-0.25, -0.2) is 4.98 Å². The number of nitrogens with one attached hydrogen (secondary N) is 1. The van der Waals surface area contributed by atoms with Crippen molar-refractivity contribution in [2.45, 2.75) is 52.0 Å². The summed E-state index contributed by atoms with van der Waals surface area (Å²) < 4.78 is 2.07. The molecule has 4 rings (SSSR count). The molecule has 6 nitrogen and oxygen atoms in total. The van der Waals surface area contributed by atoms with Crippen LogP contribution in [0.4, 0.5) is 0 Å². The van der Waals surface area contributed by atoms with Crippen LogP contribution >= 0.6 is 0 Å². The van der Waals surface area contributed by atoms with E-state index in [4.69, 9.17) is 4.98 Å². The third-order valence-corrected chi connectivity index (χ3v) is 5.99. The molecule has 1 aromatic heterocycles. The Morgan fingerprint density at radius 3 is 2.64 bits per heavy atom. The summed E-state index contributed by atoms with van der Waals surface area (Å²) >= 11 is 0. The lowest BCUT2D eigenvalue weighted by Crippen LogP contribution is -2.40. The zero-order valence-electron chi connectivity index (χ0n) is 16.7. The van der Waals surface area contributed by atoms with Crippen molar-refractivity contribution < 1.29 is 9.59 Å². The fourth-order valence-corrected chi connectivity index (χ4v) is 3.93. The van der Waals surface area contributed by atoms with Gasteiger partial charge in [0.1, 0.15) is 12.4 Å². The quantitative estimate of drug-likeness (QED) is 0.749. The van der Waals surface area contributed by atoms with Crippen molar-refractivity contribution in [3.63, 3.8) is 0 Å². The summed E-state index contributed by atoms with van der Waals surface area (Å²) in [5, 5.41) is 3.01. The van der Waals surface area contributed by atoms with E-state index >= 15 is 0 Å². The highest BCUT2D eigenvalue weighted by Crippen LogP contribution is 2.28. The Labute approximate surface area is 166 Å². The Hall–Kier alpha value is -2.37. The Kier molecular flexibility index (Phi) is 5.64. The number of amides is 2. The van der Waals surface area contributed by atoms with Gasteiger partial charge in [-0.05, 0) is 50.2 Å². The van der Waals surface area contributed by atoms with E-state index in [1.807, 2.05) is 29.2 Å². The first kappa shape index (κ1) is 19.0. The summed E-state index contributed by atoms with van der Waals surface area (Å²) in [4.78, 5) is 31.4. The number of piperidine rings is 1. The van der Waals surface area contributed by atoms with Gasteiger partial charge in [0.25, 0.3) is 0 Å². The van der Waals surface area contributed by atoms with E-state index in [-0.39, 0.29) is 17.7 Å². The van der Waals surface area contributed by atoms with E-state index in [2.05, 4.69) is 16.8 Å². The average molecular weight is 383 g/mol. The zero-order valence-corrected chi connectivity index (χ0v) is 16.7. The lowest BCUT2D eigenvalue weighted by molar-refractivity contribution is -0.133. The Morgan fingerprint density at radius 2 is 1.89 bits per heavy atom. The van der Waals surface area contributed by atoms with Crippen LogP contribution < -0.4 is 5.32 Å². The smallest absolute Gasteiger partial charge is 0.242 e. The Morgan fingerprint density at radius 1 is 1.14 bits per heavy atom. The summed E-state index contributed by atoms with van der Waals surface area (Å²) in [6.45, 7) is 4.98. The van der Waals surface area contributed by atoms with Gasteiger partial charge in [-0.3, -0.25) is 9.59 Å². The summed E-state index contributed by atoms with van der Waals surface area (Å²) in [6, 6.07) is 8.00. The van der Waals surface area contributed by atoms with Crippen LogP contribution in [-0.2, 0) is 22.6 Å². The molecule has 2 amide bonds. The molecule has 6 heteroatoms. The molecular formula is C22H30N4O2. The second kappa shape index (κ2) is 8.33. The number of hydrogen-bond acceptors (Lipinski definition) is 3. The largest absolute Gasteiger partial charge is 0.356 e. The number of carbonyl (C=O) groups is 2. The van der Waals surface area contributed by atoms with Crippen LogP contribution in [0.25, 0.3) is 11.0 Å². The standard InChI is InChI=1S/C22H30N4O2/c1-16-10-13-25(14-11-16)21(27)15-26-19-6-3-2-5-18(19)24-20(26)7-4-12-23-22(28)17-8-9-17/h2-3,5-6,16-17H,4,7-15H2,1H3,(H,23,28). The minimum atomic E-state index is 0.179. The minimum Gasteiger partial charge on any atom is -0.356 e. The van der Waals surface area contributed by atoms with Gasteiger partial charge in [0.05, 0.1) is 11.0 Å². The van der Waals surface area contributed by atoms with Gasteiger partial charge in [0.2, 0.25) is 11.8 Å². The van der Waals surface area contributed by atoms with Gasteiger partial charge >= 0.3 is 0 Å². The zero-order chi connectivity index (χ0) is 19.5. The molecule has 0 atom stereocenters. The fraction of sp³-hybridized carbons (Fsp3) is 0.591. The number of aromatic nitrogens is 2. The number of carbonyl (C=O) groups excluding carboxylic acids is 2. The molecule has 1 aromatic carbocycles. The average Bonchev–Trinajstić information content (AvgIpc) is 3.50. The first-order valence-corrected chi connectivity index (χ1v) is 10.6. The van der Waals surface area contributed by atoms with Gasteiger partial charge in [-0.1, -0.05) is 19.1 Å². The molecule has 1 N–H and O–H groups in total. The molecule has 1 aliphatic heterocycles. The highest BCUT2D eigenvalue weighted by Gasteiger charge is 2.29. The van der Waals surface area contributed by atoms with Gasteiger partial charge in [-0.2, -0.15) is 0 Å². The summed E-state index contributed by atoms with van der Waals surface area (Å²) in [5.41, 5.74) is 1.94. The third kappa shape index (κ3) is 4.37. The van der Waals surface area contributed by atoms with Crippen molar-refractivity contribution in [2.24, 2.45) is 11.8 Å². The molecule has 0 bridgehead atoms. The van der Waals surface area contributed by atoms with Crippen molar-refractivity contribution in [1.82, 2.24) is 19.8 Å². The molecule has 0 unspecified atom stereocenters. The molecule has 1 saturated heterocycles. The molecule has 2 fully saturated rings. The topological polar surface area (TPSA) is 67.2 Å². The van der Waals surface area contributed by atoms with E-state index < -0.39 is 0 Å². The second-order valence-electron chi connectivity index (χ2n) is 8.34. The lowest BCUT2D eigenvalue weighted by atomic mass is 9.99. The molecule has 0 radical (unpaired) electrons. The lowest BCUT2D eigenvalue weighted by Gasteiger charge is -2.30. The van der Waals surface area contributed by atoms with E-state index in [0.29, 0.717) is 19.0 Å². The molecule has 1 aliphatic carbocycles. The number of imidazole rings is 1. The Bertz CT molecular complexity index is 847. The summed E-state index contributed by atoms with van der Waals surface area (Å²) in [5.74, 6) is 2.25. The molecule has 2 aromatic rings. The van der Waals surface area contributed by atoms with Crippen molar-refractivity contribution in [1.29, 1.82) is 0 Å². The van der Waals surface area contributed by atoms with Crippen LogP contribution in [0.2, 0.25) is 0 Å². The maximum absolute atomic E-state index is 12.9. The SMILES string of the molecule is CC1CCN(C(=O)Cn2c(CCCNC(=O)C3CC3)nc3ccccc32)CC1. The number of hydrogen-bond donors (Lipinski definition) is 1. The van der Waals surface area contributed by atoms with Crippen LogP contribution in [0, 0.1) is 11.8 Å². The number of benzene rings is 1. The second-order valence-corrected chi connectivity index (χ2v) is 8.34. The van der Waals surface area contributed by atoms with Gasteiger partial charge in [0.15, 0.2) is 0 Å². The Balaban J connectivity index is 1.42. The molecule has 2 aliphatic rings. The van der Waals surface area contributed by atoms with E-state index in [1.165, 1.54) is 0 Å². The predicted octanol–water partition coefficient (Wildman–Crippen LogP) is 2.75. The predicted molar refractivity (Wildman–Crippen MR) is 109 cm³/mol. The number of rotatable bonds is 7. The summed E-state index contributed by atoms with van der Waals surface area (Å²) in [6.07, 6.45) is 5.81. The molecule has 0 spiro atoms. The van der Waals surface area contributed by atoms with Crippen LogP contribution in [0.1, 0.15) is 44.9 Å². The molecule has 2 heterocycles. The third-order valence-electron chi connectivity index (χ3n) is 5.99. The first-order valence-electron chi connectivity index (χ1n) is 10.6. The van der Waals surface area contributed by atoms with Gasteiger partial charge < -0.3 is 14.8 Å². The number of fused-ring (bicyclic) bond motifs is 1. The van der Waals surface area contributed by atoms with Crippen LogP contribution in [0.5, 0.6) is 0 Å². The normalized spacial score (nSPS) is 17.8. The van der Waals surface area contributed by atoms with E-state index in [0.717, 1.165) is 68.5 Å². The first-order chi connectivity index (χ1) is 13.6. The van der Waals surface area contributed by atoms with E-state index in [9.17, 15) is 9.59 Å². The molecule has 28 heavy (non-hydrogen) atoms.